The monoisotopic (exact) mass is 262 g/mol. The number of carbonyl (C=O) groups is 1. The molecule has 0 saturated carbocycles. The van der Waals surface area contributed by atoms with Crippen LogP contribution in [0.2, 0.25) is 0 Å². The molecule has 0 aliphatic rings. The fourth-order valence-electron chi connectivity index (χ4n) is 1.99. The van der Waals surface area contributed by atoms with Crippen LogP contribution in [0.15, 0.2) is 29.1 Å². The summed E-state index contributed by atoms with van der Waals surface area (Å²) in [5, 5.41) is 9.08. The number of ether oxygens (including phenoxy) is 1. The van der Waals surface area contributed by atoms with Gasteiger partial charge in [-0.15, -0.1) is 0 Å². The zero-order valence-electron chi connectivity index (χ0n) is 10.9. The molecule has 0 bridgehead atoms. The van der Waals surface area contributed by atoms with Gasteiger partial charge in [-0.3, -0.25) is 9.48 Å². The van der Waals surface area contributed by atoms with E-state index >= 15 is 0 Å². The summed E-state index contributed by atoms with van der Waals surface area (Å²) >= 11 is 0. The largest absolute Gasteiger partial charge is 0.497 e. The molecule has 1 aromatic carbocycles. The summed E-state index contributed by atoms with van der Waals surface area (Å²) < 4.78 is 7.92. The third-order valence-electron chi connectivity index (χ3n) is 3.07. The fraction of sp³-hybridized carbons (Fsp3) is 0.231. The van der Waals surface area contributed by atoms with Crippen molar-refractivity contribution < 1.29 is 14.6 Å². The van der Waals surface area contributed by atoms with Crippen LogP contribution in [-0.2, 0) is 7.05 Å². The Hall–Kier alpha value is -2.50. The first-order valence-electron chi connectivity index (χ1n) is 5.63. The van der Waals surface area contributed by atoms with E-state index in [1.165, 1.54) is 16.5 Å². The lowest BCUT2D eigenvalue weighted by atomic mass is 10.2. The molecule has 6 heteroatoms. The van der Waals surface area contributed by atoms with Gasteiger partial charge in [0.05, 0.1) is 18.5 Å². The number of aromatic nitrogens is 2. The third-order valence-corrected chi connectivity index (χ3v) is 3.07. The Morgan fingerprint density at radius 2 is 2.05 bits per heavy atom. The van der Waals surface area contributed by atoms with Gasteiger partial charge in [-0.05, 0) is 19.1 Å². The smallest absolute Gasteiger partial charge is 0.343 e. The quantitative estimate of drug-likeness (QED) is 0.901. The molecule has 1 heterocycles. The van der Waals surface area contributed by atoms with Crippen LogP contribution in [0.3, 0.4) is 0 Å². The Bertz CT molecular complexity index is 697. The second-order valence-electron chi connectivity index (χ2n) is 4.11. The molecule has 6 nitrogen and oxygen atoms in total. The lowest BCUT2D eigenvalue weighted by Gasteiger charge is -2.09. The normalized spacial score (nSPS) is 10.5. The van der Waals surface area contributed by atoms with E-state index in [4.69, 9.17) is 9.84 Å². The topological polar surface area (TPSA) is 73.5 Å². The van der Waals surface area contributed by atoms with E-state index in [0.29, 0.717) is 17.1 Å². The maximum Gasteiger partial charge on any atom is 0.343 e. The van der Waals surface area contributed by atoms with Gasteiger partial charge in [0.15, 0.2) is 0 Å². The highest BCUT2D eigenvalue weighted by Gasteiger charge is 2.21. The van der Waals surface area contributed by atoms with Crippen LogP contribution in [0.4, 0.5) is 0 Å². The molecule has 0 spiro atoms. The van der Waals surface area contributed by atoms with Crippen molar-refractivity contribution >= 4 is 5.97 Å². The lowest BCUT2D eigenvalue weighted by molar-refractivity contribution is 0.0694. The maximum absolute atomic E-state index is 12.2. The van der Waals surface area contributed by atoms with Gasteiger partial charge in [0.1, 0.15) is 11.3 Å². The number of aromatic carboxylic acids is 1. The number of carboxylic acid groups (broad SMARTS) is 1. The maximum atomic E-state index is 12.2. The number of methoxy groups -OCH3 is 1. The second kappa shape index (κ2) is 4.64. The highest BCUT2D eigenvalue weighted by atomic mass is 16.5. The van der Waals surface area contributed by atoms with Crippen molar-refractivity contribution in [1.29, 1.82) is 0 Å². The van der Waals surface area contributed by atoms with Crippen LogP contribution in [0, 0.1) is 6.92 Å². The average molecular weight is 262 g/mol. The molecular formula is C13H14N2O4. The molecule has 0 atom stereocenters. The molecule has 0 aliphatic heterocycles. The standard InChI is InChI=1S/C13H14N2O4/c1-8-11(13(17)18)12(16)15(14(8)2)9-5-4-6-10(7-9)19-3/h4-7H,1-3H3,(H,17,18). The van der Waals surface area contributed by atoms with Gasteiger partial charge in [-0.2, -0.15) is 0 Å². The first kappa shape index (κ1) is 12.9. The van der Waals surface area contributed by atoms with E-state index < -0.39 is 11.5 Å². The average Bonchev–Trinajstić information content (AvgIpc) is 2.60. The molecule has 0 radical (unpaired) electrons. The van der Waals surface area contributed by atoms with Crippen molar-refractivity contribution in [2.75, 3.05) is 7.11 Å². The molecule has 0 unspecified atom stereocenters. The first-order valence-corrected chi connectivity index (χ1v) is 5.63. The van der Waals surface area contributed by atoms with E-state index in [-0.39, 0.29) is 5.56 Å². The SMILES string of the molecule is COc1cccc(-n2c(=O)c(C(=O)O)c(C)n2C)c1. The van der Waals surface area contributed by atoms with Gasteiger partial charge in [0, 0.05) is 13.1 Å². The van der Waals surface area contributed by atoms with E-state index in [1.54, 1.807) is 38.2 Å². The first-order chi connectivity index (χ1) is 8.97. The fourth-order valence-corrected chi connectivity index (χ4v) is 1.99. The van der Waals surface area contributed by atoms with Crippen LogP contribution in [0.25, 0.3) is 5.69 Å². The summed E-state index contributed by atoms with van der Waals surface area (Å²) in [4.78, 5) is 23.3. The zero-order chi connectivity index (χ0) is 14.2. The van der Waals surface area contributed by atoms with Crippen LogP contribution in [-0.4, -0.2) is 27.5 Å². The minimum absolute atomic E-state index is 0.217. The van der Waals surface area contributed by atoms with Crippen molar-refractivity contribution in [1.82, 2.24) is 9.36 Å². The number of nitrogens with zero attached hydrogens (tertiary/aromatic N) is 2. The van der Waals surface area contributed by atoms with Crippen molar-refractivity contribution in [3.8, 4) is 11.4 Å². The molecule has 2 aromatic rings. The summed E-state index contributed by atoms with van der Waals surface area (Å²) in [6.45, 7) is 1.60. The van der Waals surface area contributed by atoms with E-state index in [1.807, 2.05) is 0 Å². The van der Waals surface area contributed by atoms with Crippen molar-refractivity contribution in [2.45, 2.75) is 6.92 Å². The van der Waals surface area contributed by atoms with Crippen molar-refractivity contribution in [3.63, 3.8) is 0 Å². The van der Waals surface area contributed by atoms with Gasteiger partial charge in [-0.25, -0.2) is 9.48 Å². The predicted octanol–water partition coefficient (Wildman–Crippen LogP) is 1.19. The Balaban J connectivity index is 2.73. The highest BCUT2D eigenvalue weighted by molar-refractivity contribution is 5.88. The van der Waals surface area contributed by atoms with E-state index in [9.17, 15) is 9.59 Å². The molecule has 100 valence electrons. The van der Waals surface area contributed by atoms with E-state index in [0.717, 1.165) is 0 Å². The Labute approximate surface area is 109 Å². The predicted molar refractivity (Wildman–Crippen MR) is 69.3 cm³/mol. The molecule has 0 saturated heterocycles. The molecule has 1 N–H and O–H groups in total. The third kappa shape index (κ3) is 2.01. The van der Waals surface area contributed by atoms with Crippen LogP contribution < -0.4 is 10.3 Å². The van der Waals surface area contributed by atoms with Gasteiger partial charge in [0.2, 0.25) is 0 Å². The number of rotatable bonds is 3. The van der Waals surface area contributed by atoms with Crippen molar-refractivity contribution in [3.05, 3.63) is 45.9 Å². The molecule has 19 heavy (non-hydrogen) atoms. The molecular weight excluding hydrogens is 248 g/mol. The zero-order valence-corrected chi connectivity index (χ0v) is 10.9. The summed E-state index contributed by atoms with van der Waals surface area (Å²) in [7, 11) is 3.17. The summed E-state index contributed by atoms with van der Waals surface area (Å²) in [6, 6.07) is 6.88. The summed E-state index contributed by atoms with van der Waals surface area (Å²) in [5.74, 6) is -0.625. The minimum atomic E-state index is -1.22. The van der Waals surface area contributed by atoms with Gasteiger partial charge in [-0.1, -0.05) is 6.07 Å². The Morgan fingerprint density at radius 1 is 1.37 bits per heavy atom. The molecule has 2 rings (SSSR count). The molecule has 0 aliphatic carbocycles. The molecule has 0 fully saturated rings. The number of hydrogen-bond donors (Lipinski definition) is 1. The minimum Gasteiger partial charge on any atom is -0.497 e. The summed E-state index contributed by atoms with van der Waals surface area (Å²) in [5.41, 5.74) is 0.189. The lowest BCUT2D eigenvalue weighted by Crippen LogP contribution is -2.22. The number of benzene rings is 1. The van der Waals surface area contributed by atoms with Gasteiger partial charge >= 0.3 is 5.97 Å². The summed E-state index contributed by atoms with van der Waals surface area (Å²) in [6.07, 6.45) is 0. The molecule has 1 aromatic heterocycles. The molecule has 0 amide bonds. The van der Waals surface area contributed by atoms with Gasteiger partial charge in [0.25, 0.3) is 5.56 Å². The van der Waals surface area contributed by atoms with Gasteiger partial charge < -0.3 is 9.84 Å². The van der Waals surface area contributed by atoms with E-state index in [2.05, 4.69) is 0 Å². The van der Waals surface area contributed by atoms with Crippen LogP contribution in [0.1, 0.15) is 16.1 Å². The highest BCUT2D eigenvalue weighted by Crippen LogP contribution is 2.16. The number of carboxylic acids is 1. The van der Waals surface area contributed by atoms with Crippen LogP contribution >= 0.6 is 0 Å². The number of hydrogen-bond acceptors (Lipinski definition) is 3. The second-order valence-corrected chi connectivity index (χ2v) is 4.11. The Morgan fingerprint density at radius 3 is 2.58 bits per heavy atom. The van der Waals surface area contributed by atoms with Crippen LogP contribution in [0.5, 0.6) is 5.75 Å². The Kier molecular flexibility index (Phi) is 3.16. The van der Waals surface area contributed by atoms with Crippen molar-refractivity contribution in [2.24, 2.45) is 7.05 Å².